The topological polar surface area (TPSA) is 212 Å². The number of piperidine rings is 2. The minimum Gasteiger partial charge on any atom is -0.444 e. The number of oxazole rings is 2. The van der Waals surface area contributed by atoms with E-state index < -0.39 is 4.92 Å². The number of likely N-dealkylation sites (tertiary alicyclic amines) is 2. The Kier molecular flexibility index (Phi) is 17.2. The zero-order valence-corrected chi connectivity index (χ0v) is 42.6. The van der Waals surface area contributed by atoms with Gasteiger partial charge >= 0.3 is 0 Å². The molecule has 16 nitrogen and oxygen atoms in total. The molecule has 2 amide bonds. The number of benzene rings is 2. The van der Waals surface area contributed by atoms with Crippen molar-refractivity contribution in [3.8, 4) is 0 Å². The second-order valence-electron chi connectivity index (χ2n) is 19.0. The lowest BCUT2D eigenvalue weighted by molar-refractivity contribution is -0.384. The van der Waals surface area contributed by atoms with Crippen molar-refractivity contribution in [2.45, 2.75) is 111 Å². The molecule has 8 rings (SSSR count). The normalized spacial score (nSPS) is 15.4. The van der Waals surface area contributed by atoms with Crippen LogP contribution in [0.4, 0.5) is 21.6 Å². The van der Waals surface area contributed by atoms with Crippen LogP contribution < -0.4 is 16.4 Å². The van der Waals surface area contributed by atoms with Crippen molar-refractivity contribution in [3.05, 3.63) is 118 Å². The average Bonchev–Trinajstić information content (AvgIpc) is 4.15. The SMILES string of the molecule is CC(C)(C)c1cnc(CSc2cnc(NC(=O)C3CCN(Cc4ccc(N)cc4)CC3)s2)o1.CC(C)(C)c1cnc(CSc2cnc(NC(=O)C3CCN(Cc4ccc([N+](=O)[O-])cc4)CC3)s2)o1. The first kappa shape index (κ1) is 50.7. The van der Waals surface area contributed by atoms with Crippen molar-refractivity contribution in [2.24, 2.45) is 11.8 Å². The minimum absolute atomic E-state index is 0.00778. The number of hydrogen-bond acceptors (Lipinski definition) is 17. The molecule has 2 saturated heterocycles. The molecule has 0 radical (unpaired) electrons. The number of nitrogens with one attached hydrogen (secondary N) is 2. The quantitative estimate of drug-likeness (QED) is 0.0378. The fraction of sp³-hybridized carbons (Fsp3) is 0.458. The van der Waals surface area contributed by atoms with E-state index in [1.165, 1.54) is 40.4 Å². The molecule has 0 spiro atoms. The molecule has 362 valence electrons. The molecule has 2 aromatic carbocycles. The molecule has 0 atom stereocenters. The van der Waals surface area contributed by atoms with Gasteiger partial charge in [0, 0.05) is 53.6 Å². The van der Waals surface area contributed by atoms with Gasteiger partial charge < -0.3 is 25.2 Å². The first-order valence-electron chi connectivity index (χ1n) is 22.7. The lowest BCUT2D eigenvalue weighted by Gasteiger charge is -2.31. The molecule has 2 aliphatic heterocycles. The monoisotopic (exact) mass is 1000 g/mol. The van der Waals surface area contributed by atoms with E-state index in [1.54, 1.807) is 60.4 Å². The van der Waals surface area contributed by atoms with Crippen LogP contribution in [-0.2, 0) is 45.0 Å². The van der Waals surface area contributed by atoms with Gasteiger partial charge in [-0.15, -0.1) is 23.5 Å². The van der Waals surface area contributed by atoms with E-state index in [2.05, 4.69) is 94.0 Å². The van der Waals surface area contributed by atoms with Gasteiger partial charge in [-0.25, -0.2) is 19.9 Å². The molecule has 0 unspecified atom stereocenters. The van der Waals surface area contributed by atoms with Gasteiger partial charge in [-0.1, -0.05) is 88.5 Å². The second-order valence-corrected chi connectivity index (χ2v) is 23.6. The highest BCUT2D eigenvalue weighted by Crippen LogP contribution is 2.34. The van der Waals surface area contributed by atoms with E-state index in [9.17, 15) is 19.7 Å². The van der Waals surface area contributed by atoms with Gasteiger partial charge in [0.05, 0.1) is 49.6 Å². The van der Waals surface area contributed by atoms with Crippen molar-refractivity contribution in [2.75, 3.05) is 42.5 Å². The molecular weight excluding hydrogens is 941 g/mol. The number of hydrogen-bond donors (Lipinski definition) is 3. The summed E-state index contributed by atoms with van der Waals surface area (Å²) in [6.07, 6.45) is 10.4. The lowest BCUT2D eigenvalue weighted by atomic mass is 9.94. The third-order valence-corrected chi connectivity index (χ3v) is 15.7. The van der Waals surface area contributed by atoms with E-state index in [-0.39, 0.29) is 40.2 Å². The third kappa shape index (κ3) is 14.9. The number of nitro benzene ring substituents is 1. The molecule has 4 aromatic heterocycles. The highest BCUT2D eigenvalue weighted by atomic mass is 32.2. The van der Waals surface area contributed by atoms with E-state index >= 15 is 0 Å². The van der Waals surface area contributed by atoms with Gasteiger partial charge in [0.25, 0.3) is 5.69 Å². The number of thiazole rings is 2. The number of carbonyl (C=O) groups is 2. The highest BCUT2D eigenvalue weighted by Gasteiger charge is 2.28. The molecule has 2 fully saturated rings. The Labute approximate surface area is 413 Å². The van der Waals surface area contributed by atoms with Crippen LogP contribution in [0.1, 0.15) is 102 Å². The van der Waals surface area contributed by atoms with Gasteiger partial charge in [0.2, 0.25) is 23.6 Å². The van der Waals surface area contributed by atoms with Crippen LogP contribution in [0.3, 0.4) is 0 Å². The Morgan fingerprint density at radius 1 is 0.676 bits per heavy atom. The number of aromatic nitrogens is 4. The van der Waals surface area contributed by atoms with Gasteiger partial charge in [0.1, 0.15) is 11.5 Å². The summed E-state index contributed by atoms with van der Waals surface area (Å²) in [4.78, 5) is 58.0. The number of nitro groups is 1. The molecule has 2 aliphatic rings. The van der Waals surface area contributed by atoms with Crippen LogP contribution in [0.15, 0.2) is 90.6 Å². The maximum atomic E-state index is 12.8. The Morgan fingerprint density at radius 3 is 1.44 bits per heavy atom. The molecule has 6 heterocycles. The maximum Gasteiger partial charge on any atom is 0.269 e. The number of nitrogens with two attached hydrogens (primary N) is 1. The van der Waals surface area contributed by atoms with Crippen molar-refractivity contribution < 1.29 is 23.3 Å². The van der Waals surface area contributed by atoms with Gasteiger partial charge in [0.15, 0.2) is 10.3 Å². The van der Waals surface area contributed by atoms with Gasteiger partial charge in [-0.05, 0) is 75.1 Å². The fourth-order valence-electron chi connectivity index (χ4n) is 7.46. The first-order valence-corrected chi connectivity index (χ1v) is 26.3. The van der Waals surface area contributed by atoms with Crippen molar-refractivity contribution in [1.82, 2.24) is 29.7 Å². The zero-order chi connectivity index (χ0) is 48.4. The van der Waals surface area contributed by atoms with Crippen LogP contribution >= 0.6 is 46.2 Å². The Balaban J connectivity index is 0.000000202. The molecule has 68 heavy (non-hydrogen) atoms. The Bertz CT molecular complexity index is 2580. The van der Waals surface area contributed by atoms with Crippen LogP contribution in [0.5, 0.6) is 0 Å². The maximum absolute atomic E-state index is 12.8. The summed E-state index contributed by atoms with van der Waals surface area (Å²) in [6, 6.07) is 14.7. The highest BCUT2D eigenvalue weighted by molar-refractivity contribution is 8.00. The number of carbonyl (C=O) groups excluding carboxylic acids is 2. The largest absolute Gasteiger partial charge is 0.444 e. The number of thioether (sulfide) groups is 2. The Morgan fingerprint density at radius 2 is 1.07 bits per heavy atom. The summed E-state index contributed by atoms with van der Waals surface area (Å²) >= 11 is 6.15. The van der Waals surface area contributed by atoms with Crippen LogP contribution in [-0.4, -0.2) is 72.7 Å². The summed E-state index contributed by atoms with van der Waals surface area (Å²) in [5.74, 6) is 4.43. The molecule has 0 saturated carbocycles. The van der Waals surface area contributed by atoms with Gasteiger partial charge in [-0.2, -0.15) is 0 Å². The molecule has 0 aliphatic carbocycles. The van der Waals surface area contributed by atoms with Crippen molar-refractivity contribution >= 4 is 79.6 Å². The summed E-state index contributed by atoms with van der Waals surface area (Å²) in [7, 11) is 0. The van der Waals surface area contributed by atoms with E-state index in [0.717, 1.165) is 96.1 Å². The predicted molar refractivity (Wildman–Crippen MR) is 271 cm³/mol. The zero-order valence-electron chi connectivity index (χ0n) is 39.4. The standard InChI is InChI=1S/C24H29N5O4S2.C24H31N5O2S2/c1-24(2,3)19-12-25-20(33-19)15-34-21-13-26-23(35-21)27-22(30)17-8-10-28(11-9-17)14-16-4-6-18(7-5-16)29(31)32;1-24(2,3)19-12-26-20(31-19)15-32-21-13-27-23(33-21)28-22(30)17-8-10-29(11-9-17)14-16-4-6-18(25)7-5-16/h4-7,12-13,17H,8-11,14-15H2,1-3H3,(H,26,27,30);4-7,12-13,17H,8-11,14-15,25H2,1-3H3,(H,27,28,30). The number of rotatable bonds is 15. The number of amides is 2. The Hall–Kier alpha value is -5.12. The minimum atomic E-state index is -0.392. The number of nitrogen functional groups attached to an aromatic ring is 1. The summed E-state index contributed by atoms with van der Waals surface area (Å²) in [5.41, 5.74) is 8.80. The van der Waals surface area contributed by atoms with E-state index in [0.29, 0.717) is 33.6 Å². The number of anilines is 3. The predicted octanol–water partition coefficient (Wildman–Crippen LogP) is 10.6. The molecule has 6 aromatic rings. The third-order valence-electron chi connectivity index (χ3n) is 11.5. The van der Waals surface area contributed by atoms with Crippen molar-refractivity contribution in [1.29, 1.82) is 0 Å². The lowest BCUT2D eigenvalue weighted by Crippen LogP contribution is -2.37. The summed E-state index contributed by atoms with van der Waals surface area (Å²) in [5, 5.41) is 18.0. The van der Waals surface area contributed by atoms with Gasteiger partial charge in [-0.3, -0.25) is 29.5 Å². The molecule has 4 N–H and O–H groups in total. The number of nitrogens with zero attached hydrogens (tertiary/aromatic N) is 7. The fourth-order valence-corrected chi connectivity index (χ4v) is 10.9. The smallest absolute Gasteiger partial charge is 0.269 e. The second kappa shape index (κ2) is 23.0. The molecule has 20 heteroatoms. The average molecular weight is 1000 g/mol. The number of non-ortho nitro benzene ring substituents is 1. The summed E-state index contributed by atoms with van der Waals surface area (Å²) < 4.78 is 13.7. The van der Waals surface area contributed by atoms with E-state index in [1.807, 2.05) is 12.1 Å². The first-order chi connectivity index (χ1) is 32.4. The molecule has 0 bridgehead atoms. The van der Waals surface area contributed by atoms with E-state index in [4.69, 9.17) is 14.6 Å². The van der Waals surface area contributed by atoms with Crippen LogP contribution in [0.2, 0.25) is 0 Å². The van der Waals surface area contributed by atoms with Crippen LogP contribution in [0, 0.1) is 22.0 Å². The van der Waals surface area contributed by atoms with Crippen molar-refractivity contribution in [3.63, 3.8) is 0 Å². The summed E-state index contributed by atoms with van der Waals surface area (Å²) in [6.45, 7) is 17.6. The van der Waals surface area contributed by atoms with Crippen LogP contribution in [0.25, 0.3) is 0 Å². The molecular formula is C48H60N10O6S4.